The molecule has 1 unspecified atom stereocenters. The second-order valence-corrected chi connectivity index (χ2v) is 5.68. The minimum Gasteiger partial charge on any atom is -0.123 e. The van der Waals surface area contributed by atoms with Crippen molar-refractivity contribution in [2.75, 3.05) is 0 Å². The number of hydrogen-bond acceptors (Lipinski definition) is 0. The van der Waals surface area contributed by atoms with Crippen molar-refractivity contribution in [1.82, 2.24) is 0 Å². The summed E-state index contributed by atoms with van der Waals surface area (Å²) in [7, 11) is 0. The molecule has 0 aliphatic carbocycles. The molecule has 1 rings (SSSR count). The molecule has 1 atom stereocenters. The fourth-order valence-electron chi connectivity index (χ4n) is 1.95. The van der Waals surface area contributed by atoms with Gasteiger partial charge in [0, 0.05) is 10.4 Å². The molecule has 0 saturated heterocycles. The summed E-state index contributed by atoms with van der Waals surface area (Å²) in [5, 5.41) is 1.05. The minimum atomic E-state index is 0.262. The van der Waals surface area contributed by atoms with Gasteiger partial charge in [0.25, 0.3) is 0 Å². The van der Waals surface area contributed by atoms with Crippen molar-refractivity contribution < 1.29 is 0 Å². The van der Waals surface area contributed by atoms with Crippen LogP contribution in [0, 0.1) is 0 Å². The van der Waals surface area contributed by atoms with Crippen LogP contribution in [0.15, 0.2) is 24.3 Å². The number of halogens is 2. The van der Waals surface area contributed by atoms with Crippen LogP contribution in [-0.4, -0.2) is 5.38 Å². The van der Waals surface area contributed by atoms with E-state index in [4.69, 9.17) is 23.2 Å². The van der Waals surface area contributed by atoms with E-state index < -0.39 is 0 Å². The van der Waals surface area contributed by atoms with Gasteiger partial charge >= 0.3 is 0 Å². The van der Waals surface area contributed by atoms with Gasteiger partial charge in [0.05, 0.1) is 0 Å². The van der Waals surface area contributed by atoms with Crippen molar-refractivity contribution in [3.63, 3.8) is 0 Å². The molecule has 2 heteroatoms. The molecule has 1 aromatic carbocycles. The monoisotopic (exact) mass is 272 g/mol. The fraction of sp³-hybridized carbons (Fsp3) is 0.600. The van der Waals surface area contributed by atoms with Crippen LogP contribution in [0.2, 0.25) is 5.02 Å². The molecule has 0 aliphatic heterocycles. The van der Waals surface area contributed by atoms with E-state index in [-0.39, 0.29) is 5.38 Å². The second kappa shape index (κ2) is 8.83. The second-order valence-electron chi connectivity index (χ2n) is 4.63. The number of benzene rings is 1. The van der Waals surface area contributed by atoms with Gasteiger partial charge < -0.3 is 0 Å². The van der Waals surface area contributed by atoms with E-state index in [1.807, 2.05) is 12.1 Å². The molecule has 0 aromatic heterocycles. The Morgan fingerprint density at radius 1 is 1.00 bits per heavy atom. The Balaban J connectivity index is 2.16. The summed E-state index contributed by atoms with van der Waals surface area (Å²) < 4.78 is 0. The van der Waals surface area contributed by atoms with Crippen LogP contribution in [0.5, 0.6) is 0 Å². The number of unbranched alkanes of at least 4 members (excludes halogenated alkanes) is 4. The van der Waals surface area contributed by atoms with Gasteiger partial charge in [-0.25, -0.2) is 0 Å². The van der Waals surface area contributed by atoms with Crippen molar-refractivity contribution in [1.29, 1.82) is 0 Å². The van der Waals surface area contributed by atoms with E-state index >= 15 is 0 Å². The van der Waals surface area contributed by atoms with Crippen molar-refractivity contribution in [2.24, 2.45) is 0 Å². The molecule has 0 fully saturated rings. The van der Waals surface area contributed by atoms with E-state index in [0.717, 1.165) is 17.9 Å². The van der Waals surface area contributed by atoms with Crippen LogP contribution in [-0.2, 0) is 6.42 Å². The summed E-state index contributed by atoms with van der Waals surface area (Å²) in [4.78, 5) is 0. The van der Waals surface area contributed by atoms with E-state index in [2.05, 4.69) is 19.1 Å². The Kier molecular flexibility index (Phi) is 7.72. The Morgan fingerprint density at radius 2 is 1.65 bits per heavy atom. The van der Waals surface area contributed by atoms with Crippen molar-refractivity contribution in [3.05, 3.63) is 34.9 Å². The molecule has 0 heterocycles. The molecule has 17 heavy (non-hydrogen) atoms. The highest BCUT2D eigenvalue weighted by Crippen LogP contribution is 2.17. The lowest BCUT2D eigenvalue weighted by Crippen LogP contribution is -2.03. The maximum atomic E-state index is 6.33. The summed E-state index contributed by atoms with van der Waals surface area (Å²) in [6, 6.07) is 7.99. The van der Waals surface area contributed by atoms with E-state index in [0.29, 0.717) is 0 Å². The van der Waals surface area contributed by atoms with Crippen LogP contribution >= 0.6 is 23.2 Å². The maximum absolute atomic E-state index is 6.33. The number of alkyl halides is 1. The van der Waals surface area contributed by atoms with Crippen LogP contribution in [0.4, 0.5) is 0 Å². The van der Waals surface area contributed by atoms with E-state index in [9.17, 15) is 0 Å². The van der Waals surface area contributed by atoms with Crippen LogP contribution < -0.4 is 0 Å². The lowest BCUT2D eigenvalue weighted by molar-refractivity contribution is 0.593. The fourth-order valence-corrected chi connectivity index (χ4v) is 2.41. The van der Waals surface area contributed by atoms with E-state index in [1.165, 1.54) is 37.7 Å². The lowest BCUT2D eigenvalue weighted by Gasteiger charge is -2.09. The lowest BCUT2D eigenvalue weighted by atomic mass is 10.0. The van der Waals surface area contributed by atoms with Crippen LogP contribution in [0.25, 0.3) is 0 Å². The predicted octanol–water partition coefficient (Wildman–Crippen LogP) is 5.85. The quantitative estimate of drug-likeness (QED) is 0.411. The summed E-state index contributed by atoms with van der Waals surface area (Å²) in [6.07, 6.45) is 8.64. The van der Waals surface area contributed by atoms with Crippen LogP contribution in [0.1, 0.15) is 51.0 Å². The third-order valence-corrected chi connectivity index (χ3v) is 3.62. The van der Waals surface area contributed by atoms with Crippen molar-refractivity contribution in [2.45, 2.75) is 57.2 Å². The zero-order valence-electron chi connectivity index (χ0n) is 10.6. The SMILES string of the molecule is CCCCCCCC(Cl)Cc1ccc(Cl)cc1. The first-order valence-corrected chi connectivity index (χ1v) is 7.42. The zero-order valence-corrected chi connectivity index (χ0v) is 12.1. The van der Waals surface area contributed by atoms with E-state index in [1.54, 1.807) is 0 Å². The van der Waals surface area contributed by atoms with Gasteiger partial charge in [0.1, 0.15) is 0 Å². The molecule has 0 N–H and O–H groups in total. The van der Waals surface area contributed by atoms with Crippen LogP contribution in [0.3, 0.4) is 0 Å². The summed E-state index contributed by atoms with van der Waals surface area (Å²) in [6.45, 7) is 2.24. The Labute approximate surface area is 115 Å². The Bertz CT molecular complexity index is 292. The maximum Gasteiger partial charge on any atom is 0.0406 e. The first-order chi connectivity index (χ1) is 8.22. The normalized spacial score (nSPS) is 12.6. The molecule has 96 valence electrons. The van der Waals surface area contributed by atoms with Gasteiger partial charge in [-0.15, -0.1) is 11.6 Å². The Morgan fingerprint density at radius 3 is 2.29 bits per heavy atom. The molecule has 0 nitrogen and oxygen atoms in total. The smallest absolute Gasteiger partial charge is 0.0406 e. The van der Waals surface area contributed by atoms with Gasteiger partial charge in [-0.2, -0.15) is 0 Å². The number of hydrogen-bond donors (Lipinski definition) is 0. The Hall–Kier alpha value is -0.200. The molecule has 0 aliphatic rings. The highest BCUT2D eigenvalue weighted by Gasteiger charge is 2.05. The molecule has 0 saturated carbocycles. The first kappa shape index (κ1) is 14.9. The zero-order chi connectivity index (χ0) is 12.5. The average Bonchev–Trinajstić information content (AvgIpc) is 2.32. The average molecular weight is 273 g/mol. The largest absolute Gasteiger partial charge is 0.123 e. The molecule has 0 amide bonds. The topological polar surface area (TPSA) is 0 Å². The third kappa shape index (κ3) is 6.95. The van der Waals surface area contributed by atoms with Gasteiger partial charge in [0.15, 0.2) is 0 Å². The predicted molar refractivity (Wildman–Crippen MR) is 78.2 cm³/mol. The molecular formula is C15H22Cl2. The standard InChI is InChI=1S/C15H22Cl2/c1-2-3-4-5-6-7-15(17)12-13-8-10-14(16)11-9-13/h8-11,15H,2-7,12H2,1H3. The summed E-state index contributed by atoms with van der Waals surface area (Å²) in [5.41, 5.74) is 1.28. The van der Waals surface area contributed by atoms with Crippen molar-refractivity contribution >= 4 is 23.2 Å². The van der Waals surface area contributed by atoms with Gasteiger partial charge in [-0.05, 0) is 30.5 Å². The summed E-state index contributed by atoms with van der Waals surface area (Å²) >= 11 is 12.2. The molecular weight excluding hydrogens is 251 g/mol. The minimum absolute atomic E-state index is 0.262. The molecule has 0 bridgehead atoms. The number of rotatable bonds is 8. The molecule has 0 radical (unpaired) electrons. The third-order valence-electron chi connectivity index (χ3n) is 2.99. The highest BCUT2D eigenvalue weighted by molar-refractivity contribution is 6.30. The first-order valence-electron chi connectivity index (χ1n) is 6.61. The molecule has 0 spiro atoms. The van der Waals surface area contributed by atoms with Gasteiger partial charge in [-0.1, -0.05) is 62.8 Å². The summed E-state index contributed by atoms with van der Waals surface area (Å²) in [5.74, 6) is 0. The molecule has 1 aromatic rings. The van der Waals surface area contributed by atoms with Crippen molar-refractivity contribution in [3.8, 4) is 0 Å². The van der Waals surface area contributed by atoms with Gasteiger partial charge in [-0.3, -0.25) is 0 Å². The van der Waals surface area contributed by atoms with Gasteiger partial charge in [0.2, 0.25) is 0 Å². The highest BCUT2D eigenvalue weighted by atomic mass is 35.5.